The topological polar surface area (TPSA) is 44.8 Å². The Kier molecular flexibility index (Phi) is 5.22. The van der Waals surface area contributed by atoms with Gasteiger partial charge >= 0.3 is 0 Å². The SMILES string of the molecule is O=C([C@@H]1C[C@H](Oc2ccccc2)CN1)N1CCCN(C2CCC2)CC1. The predicted octanol–water partition coefficient (Wildman–Crippen LogP) is 1.88. The fourth-order valence-electron chi connectivity index (χ4n) is 4.17. The smallest absolute Gasteiger partial charge is 0.239 e. The van der Waals surface area contributed by atoms with Crippen LogP contribution in [0.4, 0.5) is 0 Å². The van der Waals surface area contributed by atoms with Crippen LogP contribution in [0, 0.1) is 0 Å². The second kappa shape index (κ2) is 7.75. The van der Waals surface area contributed by atoms with Gasteiger partial charge in [-0.15, -0.1) is 0 Å². The minimum Gasteiger partial charge on any atom is -0.489 e. The molecule has 1 aromatic carbocycles. The molecule has 1 N–H and O–H groups in total. The van der Waals surface area contributed by atoms with Crippen molar-refractivity contribution in [1.29, 1.82) is 0 Å². The Balaban J connectivity index is 1.28. The molecule has 25 heavy (non-hydrogen) atoms. The lowest BCUT2D eigenvalue weighted by molar-refractivity contribution is -0.133. The number of para-hydroxylation sites is 1. The van der Waals surface area contributed by atoms with Crippen LogP contribution in [0.25, 0.3) is 0 Å². The summed E-state index contributed by atoms with van der Waals surface area (Å²) in [5, 5.41) is 3.37. The summed E-state index contributed by atoms with van der Waals surface area (Å²) in [7, 11) is 0. The number of rotatable bonds is 4. The second-order valence-electron chi connectivity index (χ2n) is 7.55. The first-order valence-corrected chi connectivity index (χ1v) is 9.77. The lowest BCUT2D eigenvalue weighted by atomic mass is 9.91. The van der Waals surface area contributed by atoms with Crippen LogP contribution in [0.15, 0.2) is 30.3 Å². The van der Waals surface area contributed by atoms with Gasteiger partial charge in [-0.05, 0) is 31.4 Å². The molecule has 0 spiro atoms. The van der Waals surface area contributed by atoms with Gasteiger partial charge in [0, 0.05) is 45.2 Å². The second-order valence-corrected chi connectivity index (χ2v) is 7.55. The number of hydrogen-bond donors (Lipinski definition) is 1. The van der Waals surface area contributed by atoms with Crippen LogP contribution < -0.4 is 10.1 Å². The maximum Gasteiger partial charge on any atom is 0.239 e. The molecule has 4 rings (SSSR count). The maximum absolute atomic E-state index is 12.9. The van der Waals surface area contributed by atoms with Crippen molar-refractivity contribution in [3.8, 4) is 5.75 Å². The van der Waals surface area contributed by atoms with E-state index in [0.29, 0.717) is 0 Å². The van der Waals surface area contributed by atoms with E-state index in [1.54, 1.807) is 0 Å². The van der Waals surface area contributed by atoms with E-state index >= 15 is 0 Å². The van der Waals surface area contributed by atoms with E-state index in [-0.39, 0.29) is 18.1 Å². The quantitative estimate of drug-likeness (QED) is 0.907. The lowest BCUT2D eigenvalue weighted by Crippen LogP contribution is -2.46. The predicted molar refractivity (Wildman–Crippen MR) is 97.7 cm³/mol. The molecule has 3 fully saturated rings. The Labute approximate surface area is 150 Å². The number of nitrogens with zero attached hydrogens (tertiary/aromatic N) is 2. The van der Waals surface area contributed by atoms with Crippen LogP contribution in [0.1, 0.15) is 32.1 Å². The summed E-state index contributed by atoms with van der Waals surface area (Å²) in [6.45, 7) is 4.69. The third-order valence-electron chi connectivity index (χ3n) is 5.87. The fraction of sp³-hybridized carbons (Fsp3) is 0.650. The first-order chi connectivity index (χ1) is 12.3. The lowest BCUT2D eigenvalue weighted by Gasteiger charge is -2.36. The zero-order valence-corrected chi connectivity index (χ0v) is 14.9. The highest BCUT2D eigenvalue weighted by atomic mass is 16.5. The molecule has 5 nitrogen and oxygen atoms in total. The number of benzene rings is 1. The molecule has 2 atom stereocenters. The summed E-state index contributed by atoms with van der Waals surface area (Å²) in [5.41, 5.74) is 0. The third-order valence-corrected chi connectivity index (χ3v) is 5.87. The fourth-order valence-corrected chi connectivity index (χ4v) is 4.17. The van der Waals surface area contributed by atoms with Crippen LogP contribution in [0.2, 0.25) is 0 Å². The summed E-state index contributed by atoms with van der Waals surface area (Å²) in [6.07, 6.45) is 6.00. The van der Waals surface area contributed by atoms with Gasteiger partial charge in [0.2, 0.25) is 5.91 Å². The van der Waals surface area contributed by atoms with Crippen molar-refractivity contribution in [2.24, 2.45) is 0 Å². The number of ether oxygens (including phenoxy) is 1. The molecule has 136 valence electrons. The van der Waals surface area contributed by atoms with Crippen LogP contribution in [0.5, 0.6) is 5.75 Å². The summed E-state index contributed by atoms with van der Waals surface area (Å²) >= 11 is 0. The third kappa shape index (κ3) is 3.98. The molecule has 1 aliphatic carbocycles. The Hall–Kier alpha value is -1.59. The van der Waals surface area contributed by atoms with Crippen molar-refractivity contribution in [2.45, 2.75) is 50.3 Å². The van der Waals surface area contributed by atoms with Gasteiger partial charge in [-0.3, -0.25) is 9.69 Å². The van der Waals surface area contributed by atoms with Crippen molar-refractivity contribution < 1.29 is 9.53 Å². The summed E-state index contributed by atoms with van der Waals surface area (Å²) in [4.78, 5) is 17.6. The average Bonchev–Trinajstić information content (AvgIpc) is 2.91. The van der Waals surface area contributed by atoms with E-state index in [1.807, 2.05) is 30.3 Å². The average molecular weight is 343 g/mol. The Bertz CT molecular complexity index is 576. The van der Waals surface area contributed by atoms with Gasteiger partial charge in [0.05, 0.1) is 6.04 Å². The van der Waals surface area contributed by atoms with Gasteiger partial charge in [-0.25, -0.2) is 0 Å². The van der Waals surface area contributed by atoms with E-state index in [1.165, 1.54) is 19.3 Å². The molecule has 0 bridgehead atoms. The van der Waals surface area contributed by atoms with Gasteiger partial charge in [0.15, 0.2) is 0 Å². The van der Waals surface area contributed by atoms with Gasteiger partial charge in [-0.2, -0.15) is 0 Å². The van der Waals surface area contributed by atoms with Gasteiger partial charge in [0.1, 0.15) is 11.9 Å². The minimum atomic E-state index is -0.0936. The Morgan fingerprint density at radius 1 is 1.04 bits per heavy atom. The molecule has 1 amide bonds. The number of carbonyl (C=O) groups is 1. The van der Waals surface area contributed by atoms with Crippen LogP contribution in [-0.2, 0) is 4.79 Å². The van der Waals surface area contributed by atoms with Crippen molar-refractivity contribution in [3.05, 3.63) is 30.3 Å². The molecule has 2 heterocycles. The highest BCUT2D eigenvalue weighted by Crippen LogP contribution is 2.26. The van der Waals surface area contributed by atoms with E-state index in [0.717, 1.165) is 57.4 Å². The number of carbonyl (C=O) groups excluding carboxylic acids is 1. The van der Waals surface area contributed by atoms with Crippen molar-refractivity contribution in [3.63, 3.8) is 0 Å². The summed E-state index contributed by atoms with van der Waals surface area (Å²) in [6, 6.07) is 10.6. The molecule has 2 saturated heterocycles. The normalized spacial score (nSPS) is 28.4. The molecule has 0 radical (unpaired) electrons. The van der Waals surface area contributed by atoms with E-state index in [4.69, 9.17) is 4.74 Å². The van der Waals surface area contributed by atoms with E-state index < -0.39 is 0 Å². The molecule has 5 heteroatoms. The van der Waals surface area contributed by atoms with Crippen LogP contribution in [-0.4, -0.2) is 66.6 Å². The maximum atomic E-state index is 12.9. The van der Waals surface area contributed by atoms with Crippen molar-refractivity contribution >= 4 is 5.91 Å². The molecule has 3 aliphatic rings. The molecule has 1 saturated carbocycles. The highest BCUT2D eigenvalue weighted by Gasteiger charge is 2.35. The molecule has 0 unspecified atom stereocenters. The van der Waals surface area contributed by atoms with Gasteiger partial charge in [0.25, 0.3) is 0 Å². The molecule has 2 aliphatic heterocycles. The van der Waals surface area contributed by atoms with Crippen molar-refractivity contribution in [2.75, 3.05) is 32.7 Å². The number of amides is 1. The zero-order chi connectivity index (χ0) is 17.1. The van der Waals surface area contributed by atoms with Crippen molar-refractivity contribution in [1.82, 2.24) is 15.1 Å². The molecular weight excluding hydrogens is 314 g/mol. The Morgan fingerprint density at radius 3 is 2.64 bits per heavy atom. The van der Waals surface area contributed by atoms with Gasteiger partial charge < -0.3 is 15.0 Å². The van der Waals surface area contributed by atoms with E-state index in [2.05, 4.69) is 15.1 Å². The number of nitrogens with one attached hydrogen (secondary N) is 1. The van der Waals surface area contributed by atoms with Crippen LogP contribution >= 0.6 is 0 Å². The molecular formula is C20H29N3O2. The standard InChI is InChI=1S/C20H29N3O2/c24-20(23-11-5-10-22(12-13-23)16-6-4-7-16)19-14-18(15-21-19)25-17-8-2-1-3-9-17/h1-3,8-9,16,18-19,21H,4-7,10-15H2/t18-,19-/m0/s1. The van der Waals surface area contributed by atoms with E-state index in [9.17, 15) is 4.79 Å². The number of hydrogen-bond acceptors (Lipinski definition) is 4. The zero-order valence-electron chi connectivity index (χ0n) is 14.9. The molecule has 1 aromatic rings. The molecule has 0 aromatic heterocycles. The monoisotopic (exact) mass is 343 g/mol. The first-order valence-electron chi connectivity index (χ1n) is 9.77. The van der Waals surface area contributed by atoms with Crippen LogP contribution in [0.3, 0.4) is 0 Å². The van der Waals surface area contributed by atoms with Gasteiger partial charge in [-0.1, -0.05) is 24.6 Å². The minimum absolute atomic E-state index is 0.0785. The first kappa shape index (κ1) is 16.9. The highest BCUT2D eigenvalue weighted by molar-refractivity contribution is 5.82. The summed E-state index contributed by atoms with van der Waals surface area (Å²) in [5.74, 6) is 1.14. The Morgan fingerprint density at radius 2 is 1.88 bits per heavy atom. The largest absolute Gasteiger partial charge is 0.489 e. The summed E-state index contributed by atoms with van der Waals surface area (Å²) < 4.78 is 6.00.